The summed E-state index contributed by atoms with van der Waals surface area (Å²) in [5.74, 6) is 0.682. The van der Waals surface area contributed by atoms with Gasteiger partial charge in [0.15, 0.2) is 5.82 Å². The first kappa shape index (κ1) is 25.4. The van der Waals surface area contributed by atoms with Gasteiger partial charge in [-0.1, -0.05) is 121 Å². The standard InChI is InChI=1S/C41H25N3O/c1-3-11-26(12-4-1)36-25-37(27-13-5-2-6-14-27)44-41(43-36)29-21-19-28(20-22-29)40-34-24-39-33(31-16-8-10-18-38(31)45-39)23-32(34)30-15-7-9-17-35(30)42-40/h1-25H. The molecule has 0 fully saturated rings. The van der Waals surface area contributed by atoms with E-state index in [9.17, 15) is 0 Å². The van der Waals surface area contributed by atoms with Gasteiger partial charge < -0.3 is 4.42 Å². The van der Waals surface area contributed by atoms with E-state index >= 15 is 0 Å². The van der Waals surface area contributed by atoms with Crippen LogP contribution in [0.25, 0.3) is 88.8 Å². The van der Waals surface area contributed by atoms with Crippen LogP contribution in [0.2, 0.25) is 0 Å². The van der Waals surface area contributed by atoms with E-state index in [0.717, 1.165) is 82.9 Å². The molecular formula is C41H25N3O. The van der Waals surface area contributed by atoms with Gasteiger partial charge in [-0.3, -0.25) is 0 Å². The molecule has 9 aromatic rings. The van der Waals surface area contributed by atoms with Gasteiger partial charge in [0.05, 0.1) is 22.6 Å². The van der Waals surface area contributed by atoms with Crippen molar-refractivity contribution in [2.24, 2.45) is 0 Å². The van der Waals surface area contributed by atoms with E-state index < -0.39 is 0 Å². The van der Waals surface area contributed by atoms with Gasteiger partial charge in [-0.25, -0.2) is 15.0 Å². The lowest BCUT2D eigenvalue weighted by atomic mass is 9.97. The van der Waals surface area contributed by atoms with Crippen LogP contribution < -0.4 is 0 Å². The summed E-state index contributed by atoms with van der Waals surface area (Å²) in [6, 6.07) is 52.0. The Morgan fingerprint density at radius 1 is 0.356 bits per heavy atom. The Labute approximate surface area is 259 Å². The molecule has 210 valence electrons. The molecule has 4 nitrogen and oxygen atoms in total. The van der Waals surface area contributed by atoms with Crippen LogP contribution >= 0.6 is 0 Å². The first-order chi connectivity index (χ1) is 22.3. The maximum atomic E-state index is 6.29. The largest absolute Gasteiger partial charge is 0.456 e. The number of hydrogen-bond acceptors (Lipinski definition) is 4. The summed E-state index contributed by atoms with van der Waals surface area (Å²) in [5.41, 5.74) is 9.48. The van der Waals surface area contributed by atoms with Crippen molar-refractivity contribution in [1.29, 1.82) is 0 Å². The molecule has 45 heavy (non-hydrogen) atoms. The molecule has 9 rings (SSSR count). The molecule has 0 bridgehead atoms. The lowest BCUT2D eigenvalue weighted by molar-refractivity contribution is 0.669. The number of fused-ring (bicyclic) bond motifs is 6. The molecule has 0 aliphatic carbocycles. The van der Waals surface area contributed by atoms with Gasteiger partial charge in [0.2, 0.25) is 0 Å². The molecule has 0 spiro atoms. The number of para-hydroxylation sites is 2. The summed E-state index contributed by atoms with van der Waals surface area (Å²) in [5, 5.41) is 5.57. The van der Waals surface area contributed by atoms with E-state index in [4.69, 9.17) is 19.4 Å². The Bertz CT molecular complexity index is 2460. The molecule has 0 atom stereocenters. The normalized spacial score (nSPS) is 11.6. The van der Waals surface area contributed by atoms with Gasteiger partial charge in [-0.15, -0.1) is 0 Å². The Morgan fingerprint density at radius 3 is 1.67 bits per heavy atom. The summed E-state index contributed by atoms with van der Waals surface area (Å²) in [6.45, 7) is 0. The number of hydrogen-bond donors (Lipinski definition) is 0. The average molecular weight is 576 g/mol. The summed E-state index contributed by atoms with van der Waals surface area (Å²) in [6.07, 6.45) is 0. The van der Waals surface area contributed by atoms with E-state index in [1.54, 1.807) is 0 Å². The maximum Gasteiger partial charge on any atom is 0.160 e. The van der Waals surface area contributed by atoms with Crippen molar-refractivity contribution in [1.82, 2.24) is 15.0 Å². The lowest BCUT2D eigenvalue weighted by Crippen LogP contribution is -1.96. The topological polar surface area (TPSA) is 51.8 Å². The third-order valence-corrected chi connectivity index (χ3v) is 8.48. The van der Waals surface area contributed by atoms with Gasteiger partial charge in [0.1, 0.15) is 11.2 Å². The number of benzene rings is 6. The van der Waals surface area contributed by atoms with Crippen molar-refractivity contribution < 1.29 is 4.42 Å². The minimum Gasteiger partial charge on any atom is -0.456 e. The van der Waals surface area contributed by atoms with E-state index in [1.807, 2.05) is 54.6 Å². The zero-order valence-corrected chi connectivity index (χ0v) is 24.2. The summed E-state index contributed by atoms with van der Waals surface area (Å²) in [4.78, 5) is 15.2. The van der Waals surface area contributed by atoms with Crippen LogP contribution in [-0.4, -0.2) is 15.0 Å². The number of nitrogens with zero attached hydrogens (tertiary/aromatic N) is 3. The number of rotatable bonds is 4. The Hall–Kier alpha value is -6.13. The van der Waals surface area contributed by atoms with Crippen LogP contribution in [0.15, 0.2) is 156 Å². The van der Waals surface area contributed by atoms with Gasteiger partial charge in [0.25, 0.3) is 0 Å². The van der Waals surface area contributed by atoms with Gasteiger partial charge in [-0.2, -0.15) is 0 Å². The van der Waals surface area contributed by atoms with Crippen molar-refractivity contribution in [3.05, 3.63) is 152 Å². The molecule has 0 unspecified atom stereocenters. The maximum absolute atomic E-state index is 6.29. The molecule has 0 aliphatic rings. The Kier molecular flexibility index (Phi) is 5.78. The van der Waals surface area contributed by atoms with E-state index in [0.29, 0.717) is 5.82 Å². The highest BCUT2D eigenvalue weighted by Gasteiger charge is 2.16. The zero-order chi connectivity index (χ0) is 29.7. The second-order valence-electron chi connectivity index (χ2n) is 11.2. The predicted molar refractivity (Wildman–Crippen MR) is 184 cm³/mol. The van der Waals surface area contributed by atoms with E-state index in [2.05, 4.69) is 97.1 Å². The lowest BCUT2D eigenvalue weighted by Gasteiger charge is -2.12. The second kappa shape index (κ2) is 10.2. The summed E-state index contributed by atoms with van der Waals surface area (Å²) in [7, 11) is 0. The van der Waals surface area contributed by atoms with Gasteiger partial charge >= 0.3 is 0 Å². The second-order valence-corrected chi connectivity index (χ2v) is 11.2. The molecule has 0 N–H and O–H groups in total. The summed E-state index contributed by atoms with van der Waals surface area (Å²) < 4.78 is 6.29. The molecule has 3 heterocycles. The van der Waals surface area contributed by atoms with Crippen LogP contribution in [0.3, 0.4) is 0 Å². The van der Waals surface area contributed by atoms with Crippen molar-refractivity contribution in [2.45, 2.75) is 0 Å². The molecule has 4 heteroatoms. The highest BCUT2D eigenvalue weighted by molar-refractivity contribution is 6.18. The minimum atomic E-state index is 0.682. The monoisotopic (exact) mass is 575 g/mol. The fourth-order valence-electron chi connectivity index (χ4n) is 6.26. The highest BCUT2D eigenvalue weighted by atomic mass is 16.3. The fraction of sp³-hybridized carbons (Fsp3) is 0. The van der Waals surface area contributed by atoms with Crippen LogP contribution in [0.1, 0.15) is 0 Å². The molecule has 0 saturated heterocycles. The number of pyridine rings is 1. The van der Waals surface area contributed by atoms with E-state index in [1.165, 1.54) is 0 Å². The average Bonchev–Trinajstić information content (AvgIpc) is 3.49. The van der Waals surface area contributed by atoms with Gasteiger partial charge in [-0.05, 0) is 35.7 Å². The summed E-state index contributed by atoms with van der Waals surface area (Å²) >= 11 is 0. The first-order valence-corrected chi connectivity index (χ1v) is 15.0. The number of furan rings is 1. The van der Waals surface area contributed by atoms with Crippen molar-refractivity contribution >= 4 is 43.6 Å². The number of aromatic nitrogens is 3. The highest BCUT2D eigenvalue weighted by Crippen LogP contribution is 2.39. The van der Waals surface area contributed by atoms with Crippen LogP contribution in [0, 0.1) is 0 Å². The van der Waals surface area contributed by atoms with E-state index in [-0.39, 0.29) is 0 Å². The Balaban J connectivity index is 1.21. The third kappa shape index (κ3) is 4.35. The SMILES string of the molecule is c1ccc(-c2cc(-c3ccccc3)nc(-c3ccc(-c4nc5ccccc5c5cc6c(cc45)oc4ccccc46)cc3)n2)cc1. The molecule has 0 radical (unpaired) electrons. The fourth-order valence-corrected chi connectivity index (χ4v) is 6.26. The smallest absolute Gasteiger partial charge is 0.160 e. The molecule has 0 aliphatic heterocycles. The molecular weight excluding hydrogens is 550 g/mol. The molecule has 0 amide bonds. The minimum absolute atomic E-state index is 0.682. The quantitative estimate of drug-likeness (QED) is 0.196. The molecule has 3 aromatic heterocycles. The molecule has 0 saturated carbocycles. The first-order valence-electron chi connectivity index (χ1n) is 15.0. The predicted octanol–water partition coefficient (Wildman–Crippen LogP) is 10.7. The van der Waals surface area contributed by atoms with Crippen molar-refractivity contribution in [3.8, 4) is 45.2 Å². The van der Waals surface area contributed by atoms with Gasteiger partial charge in [0, 0.05) is 43.8 Å². The van der Waals surface area contributed by atoms with Crippen molar-refractivity contribution in [2.75, 3.05) is 0 Å². The third-order valence-electron chi connectivity index (χ3n) is 8.48. The Morgan fingerprint density at radius 2 is 0.956 bits per heavy atom. The van der Waals surface area contributed by atoms with Crippen LogP contribution in [0.5, 0.6) is 0 Å². The zero-order valence-electron chi connectivity index (χ0n) is 24.2. The molecule has 6 aromatic carbocycles. The van der Waals surface area contributed by atoms with Crippen molar-refractivity contribution in [3.63, 3.8) is 0 Å². The van der Waals surface area contributed by atoms with Crippen LogP contribution in [0.4, 0.5) is 0 Å². The van der Waals surface area contributed by atoms with Crippen LogP contribution in [-0.2, 0) is 0 Å².